The van der Waals surface area contributed by atoms with Crippen LogP contribution in [0.15, 0.2) is 42.5 Å². The molecule has 1 aliphatic carbocycles. The Morgan fingerprint density at radius 2 is 1.67 bits per heavy atom. The topological polar surface area (TPSA) is 113 Å². The maximum absolute atomic E-state index is 13.1. The zero-order valence-electron chi connectivity index (χ0n) is 16.9. The third-order valence-corrected chi connectivity index (χ3v) is 5.41. The van der Waals surface area contributed by atoms with Crippen LogP contribution in [0.1, 0.15) is 53.0 Å². The Hall–Kier alpha value is -3.48. The molecule has 0 radical (unpaired) electrons. The normalized spacial score (nSPS) is 13.7. The fourth-order valence-corrected chi connectivity index (χ4v) is 3.59. The lowest BCUT2D eigenvalue weighted by Crippen LogP contribution is -2.50. The number of carbonyl (C=O) groups is 4. The minimum Gasteiger partial charge on any atom is -0.481 e. The van der Waals surface area contributed by atoms with Gasteiger partial charge in [0.15, 0.2) is 5.78 Å². The molecule has 3 N–H and O–H groups in total. The number of hydrogen-bond donors (Lipinski definition) is 3. The maximum atomic E-state index is 13.1. The van der Waals surface area contributed by atoms with Crippen LogP contribution in [0.3, 0.4) is 0 Å². The standard InChI is InChI=1S/C23H24N2O5/c1-3-13(2)20(23(30)24-12-11-18(26)27)25-22(29)17-10-6-9-16-19(17)14-7-4-5-8-15(14)21(16)28/h4-10,13,20H,3,11-12H2,1-2H3,(H,24,30)(H,25,29)(H,26,27). The molecule has 0 aliphatic heterocycles. The van der Waals surface area contributed by atoms with E-state index in [-0.39, 0.29) is 24.7 Å². The third-order valence-electron chi connectivity index (χ3n) is 5.41. The molecule has 7 nitrogen and oxygen atoms in total. The van der Waals surface area contributed by atoms with Crippen molar-refractivity contribution >= 4 is 23.6 Å². The molecule has 2 aromatic rings. The van der Waals surface area contributed by atoms with Gasteiger partial charge in [-0.1, -0.05) is 56.7 Å². The molecule has 2 amide bonds. The van der Waals surface area contributed by atoms with E-state index in [9.17, 15) is 19.2 Å². The zero-order chi connectivity index (χ0) is 21.8. The average molecular weight is 408 g/mol. The summed E-state index contributed by atoms with van der Waals surface area (Å²) in [6.45, 7) is 3.74. The van der Waals surface area contributed by atoms with Gasteiger partial charge >= 0.3 is 5.97 Å². The molecule has 156 valence electrons. The fraction of sp³-hybridized carbons (Fsp3) is 0.304. The molecule has 2 aromatic carbocycles. The second-order valence-electron chi connectivity index (χ2n) is 7.37. The van der Waals surface area contributed by atoms with Crippen molar-refractivity contribution in [2.24, 2.45) is 5.92 Å². The van der Waals surface area contributed by atoms with E-state index in [0.29, 0.717) is 34.2 Å². The minimum absolute atomic E-state index is 0.0143. The fourth-order valence-electron chi connectivity index (χ4n) is 3.59. The van der Waals surface area contributed by atoms with Crippen LogP contribution in [0.4, 0.5) is 0 Å². The molecule has 0 bridgehead atoms. The Kier molecular flexibility index (Phi) is 6.30. The number of carboxylic acid groups (broad SMARTS) is 1. The monoisotopic (exact) mass is 408 g/mol. The van der Waals surface area contributed by atoms with Gasteiger partial charge < -0.3 is 15.7 Å². The molecule has 3 rings (SSSR count). The molecule has 2 unspecified atom stereocenters. The number of carboxylic acids is 1. The number of hydrogen-bond acceptors (Lipinski definition) is 4. The lowest BCUT2D eigenvalue weighted by atomic mass is 9.95. The van der Waals surface area contributed by atoms with E-state index in [1.54, 1.807) is 36.4 Å². The second kappa shape index (κ2) is 8.90. The van der Waals surface area contributed by atoms with E-state index in [1.165, 1.54) is 0 Å². The number of benzene rings is 2. The van der Waals surface area contributed by atoms with Gasteiger partial charge in [0, 0.05) is 28.8 Å². The summed E-state index contributed by atoms with van der Waals surface area (Å²) < 4.78 is 0. The quantitative estimate of drug-likeness (QED) is 0.530. The van der Waals surface area contributed by atoms with E-state index >= 15 is 0 Å². The summed E-state index contributed by atoms with van der Waals surface area (Å²) in [4.78, 5) is 49.1. The van der Waals surface area contributed by atoms with Gasteiger partial charge in [-0.25, -0.2) is 0 Å². The van der Waals surface area contributed by atoms with Crippen LogP contribution in [-0.2, 0) is 9.59 Å². The van der Waals surface area contributed by atoms with Gasteiger partial charge in [0.25, 0.3) is 5.91 Å². The van der Waals surface area contributed by atoms with E-state index in [1.807, 2.05) is 19.9 Å². The first-order chi connectivity index (χ1) is 14.3. The molecule has 0 aromatic heterocycles. The van der Waals surface area contributed by atoms with Crippen molar-refractivity contribution in [3.63, 3.8) is 0 Å². The third kappa shape index (κ3) is 4.10. The van der Waals surface area contributed by atoms with Crippen molar-refractivity contribution < 1.29 is 24.3 Å². The summed E-state index contributed by atoms with van der Waals surface area (Å²) in [6.07, 6.45) is 0.448. The Labute approximate surface area is 174 Å². The number of aliphatic carboxylic acids is 1. The predicted octanol–water partition coefficient (Wildman–Crippen LogP) is 2.63. The largest absolute Gasteiger partial charge is 0.481 e. The molecule has 0 saturated carbocycles. The summed E-state index contributed by atoms with van der Waals surface area (Å²) >= 11 is 0. The van der Waals surface area contributed by atoms with E-state index in [0.717, 1.165) is 0 Å². The molecular weight excluding hydrogens is 384 g/mol. The predicted molar refractivity (Wildman–Crippen MR) is 111 cm³/mol. The highest BCUT2D eigenvalue weighted by Gasteiger charge is 2.32. The summed E-state index contributed by atoms with van der Waals surface area (Å²) in [5.74, 6) is -2.18. The molecule has 0 heterocycles. The van der Waals surface area contributed by atoms with Crippen LogP contribution >= 0.6 is 0 Å². The summed E-state index contributed by atoms with van der Waals surface area (Å²) in [5, 5.41) is 14.1. The van der Waals surface area contributed by atoms with Crippen LogP contribution in [-0.4, -0.2) is 41.3 Å². The Bertz CT molecular complexity index is 1010. The highest BCUT2D eigenvalue weighted by atomic mass is 16.4. The number of amides is 2. The van der Waals surface area contributed by atoms with Crippen LogP contribution in [0.5, 0.6) is 0 Å². The van der Waals surface area contributed by atoms with Gasteiger partial charge in [-0.3, -0.25) is 19.2 Å². The molecule has 0 spiro atoms. The van der Waals surface area contributed by atoms with Gasteiger partial charge in [-0.05, 0) is 17.5 Å². The molecule has 2 atom stereocenters. The first-order valence-corrected chi connectivity index (χ1v) is 9.92. The van der Waals surface area contributed by atoms with Crippen molar-refractivity contribution in [3.05, 3.63) is 59.2 Å². The molecule has 0 fully saturated rings. The van der Waals surface area contributed by atoms with Crippen LogP contribution in [0.2, 0.25) is 0 Å². The van der Waals surface area contributed by atoms with Gasteiger partial charge in [-0.2, -0.15) is 0 Å². The first-order valence-electron chi connectivity index (χ1n) is 9.92. The zero-order valence-corrected chi connectivity index (χ0v) is 16.9. The van der Waals surface area contributed by atoms with Gasteiger partial charge in [-0.15, -0.1) is 0 Å². The Morgan fingerprint density at radius 1 is 1.00 bits per heavy atom. The smallest absolute Gasteiger partial charge is 0.305 e. The molecule has 30 heavy (non-hydrogen) atoms. The van der Waals surface area contributed by atoms with Crippen molar-refractivity contribution in [3.8, 4) is 11.1 Å². The Balaban J connectivity index is 1.87. The average Bonchev–Trinajstić information content (AvgIpc) is 3.03. The van der Waals surface area contributed by atoms with Crippen molar-refractivity contribution in [1.82, 2.24) is 10.6 Å². The summed E-state index contributed by atoms with van der Waals surface area (Å²) in [5.41, 5.74) is 2.63. The van der Waals surface area contributed by atoms with Crippen LogP contribution in [0.25, 0.3) is 11.1 Å². The highest BCUT2D eigenvalue weighted by Crippen LogP contribution is 2.38. The summed E-state index contributed by atoms with van der Waals surface area (Å²) in [6, 6.07) is 11.3. The van der Waals surface area contributed by atoms with Crippen molar-refractivity contribution in [2.45, 2.75) is 32.7 Å². The second-order valence-corrected chi connectivity index (χ2v) is 7.37. The minimum atomic E-state index is -1.01. The van der Waals surface area contributed by atoms with E-state index in [2.05, 4.69) is 10.6 Å². The van der Waals surface area contributed by atoms with E-state index in [4.69, 9.17) is 5.11 Å². The number of fused-ring (bicyclic) bond motifs is 3. The number of nitrogens with one attached hydrogen (secondary N) is 2. The van der Waals surface area contributed by atoms with Crippen molar-refractivity contribution in [1.29, 1.82) is 0 Å². The molecule has 7 heteroatoms. The summed E-state index contributed by atoms with van der Waals surface area (Å²) in [7, 11) is 0. The van der Waals surface area contributed by atoms with E-state index < -0.39 is 23.8 Å². The Morgan fingerprint density at radius 3 is 2.33 bits per heavy atom. The lowest BCUT2D eigenvalue weighted by molar-refractivity contribution is -0.137. The molecular formula is C23H24N2O5. The van der Waals surface area contributed by atoms with Gasteiger partial charge in [0.05, 0.1) is 6.42 Å². The van der Waals surface area contributed by atoms with Gasteiger partial charge in [0.2, 0.25) is 5.91 Å². The number of carbonyl (C=O) groups excluding carboxylic acids is 3. The van der Waals surface area contributed by atoms with Crippen LogP contribution < -0.4 is 10.6 Å². The first kappa shape index (κ1) is 21.2. The maximum Gasteiger partial charge on any atom is 0.305 e. The molecule has 1 aliphatic rings. The number of ketones is 1. The molecule has 0 saturated heterocycles. The lowest BCUT2D eigenvalue weighted by Gasteiger charge is -2.24. The van der Waals surface area contributed by atoms with Gasteiger partial charge in [0.1, 0.15) is 6.04 Å². The SMILES string of the molecule is CCC(C)C(NC(=O)c1cccc2c1-c1ccccc1C2=O)C(=O)NCCC(=O)O. The highest BCUT2D eigenvalue weighted by molar-refractivity contribution is 6.24. The number of rotatable bonds is 8. The van der Waals surface area contributed by atoms with Crippen LogP contribution in [0, 0.1) is 5.92 Å². The van der Waals surface area contributed by atoms with Crippen molar-refractivity contribution in [2.75, 3.05) is 6.54 Å².